The number of aliphatic hydroxyl groups excluding tert-OH is 1. The van der Waals surface area contributed by atoms with Gasteiger partial charge in [0.1, 0.15) is 11.6 Å². The molecule has 1 unspecified atom stereocenters. The fourth-order valence-electron chi connectivity index (χ4n) is 5.06. The number of halogens is 2. The first-order valence-corrected chi connectivity index (χ1v) is 12.5. The smallest absolute Gasteiger partial charge is 0.300 e. The fourth-order valence-corrected chi connectivity index (χ4v) is 5.23. The third-order valence-corrected chi connectivity index (χ3v) is 7.14. The zero-order valence-corrected chi connectivity index (χ0v) is 20.9. The Balaban J connectivity index is 1.71. The molecule has 5 rings (SSSR count). The Morgan fingerprint density at radius 3 is 2.54 bits per heavy atom. The van der Waals surface area contributed by atoms with Crippen molar-refractivity contribution in [2.75, 3.05) is 11.5 Å². The lowest BCUT2D eigenvalue weighted by atomic mass is 9.88. The van der Waals surface area contributed by atoms with Gasteiger partial charge in [-0.25, -0.2) is 4.39 Å². The first-order valence-electron chi connectivity index (χ1n) is 12.1. The molecular formula is C29H25ClFNO5. The third-order valence-electron chi connectivity index (χ3n) is 6.85. The summed E-state index contributed by atoms with van der Waals surface area (Å²) in [5.74, 6) is -2.70. The van der Waals surface area contributed by atoms with E-state index >= 15 is 0 Å². The minimum absolute atomic E-state index is 0.109. The molecule has 2 N–H and O–H groups in total. The lowest BCUT2D eigenvalue weighted by Crippen LogP contribution is -2.29. The molecule has 3 aromatic rings. The third kappa shape index (κ3) is 4.44. The van der Waals surface area contributed by atoms with Crippen LogP contribution < -0.4 is 9.64 Å². The predicted octanol–water partition coefficient (Wildman–Crippen LogP) is 6.09. The highest BCUT2D eigenvalue weighted by Gasteiger charge is 2.47. The summed E-state index contributed by atoms with van der Waals surface area (Å²) in [4.78, 5) is 27.9. The zero-order chi connectivity index (χ0) is 26.3. The van der Waals surface area contributed by atoms with Crippen molar-refractivity contribution in [3.05, 3.63) is 93.3 Å². The number of hydrogen-bond acceptors (Lipinski definition) is 5. The summed E-state index contributed by atoms with van der Waals surface area (Å²) in [6, 6.07) is 12.7. The van der Waals surface area contributed by atoms with Gasteiger partial charge in [0.2, 0.25) is 0 Å². The molecule has 190 valence electrons. The maximum absolute atomic E-state index is 13.9. The fraction of sp³-hybridized carbons (Fsp3) is 0.241. The molecule has 1 aliphatic carbocycles. The highest BCUT2D eigenvalue weighted by Crippen LogP contribution is 2.44. The molecule has 1 aliphatic heterocycles. The number of hydrogen-bond donors (Lipinski definition) is 2. The van der Waals surface area contributed by atoms with E-state index in [1.165, 1.54) is 34.7 Å². The molecule has 1 heterocycles. The molecule has 2 aliphatic rings. The van der Waals surface area contributed by atoms with Crippen LogP contribution in [-0.2, 0) is 22.4 Å². The van der Waals surface area contributed by atoms with Gasteiger partial charge >= 0.3 is 0 Å². The molecule has 0 bridgehead atoms. The first kappa shape index (κ1) is 24.8. The number of ether oxygens (including phenoxy) is 1. The molecule has 1 saturated heterocycles. The number of ketones is 1. The number of aryl methyl sites for hydroxylation is 2. The molecule has 1 atom stereocenters. The van der Waals surface area contributed by atoms with E-state index in [9.17, 15) is 24.2 Å². The molecular weight excluding hydrogens is 497 g/mol. The second-order valence-electron chi connectivity index (χ2n) is 9.12. The minimum atomic E-state index is -1.07. The SMILES string of the molecule is CCOc1cc(C2/C(=C(\O)c3ccc4c(c3)CCCC4)C(=O)C(=O)N2c2ccc(F)c(Cl)c2)ccc1O. The van der Waals surface area contributed by atoms with Gasteiger partial charge < -0.3 is 14.9 Å². The van der Waals surface area contributed by atoms with Gasteiger partial charge in [0.25, 0.3) is 11.7 Å². The van der Waals surface area contributed by atoms with Gasteiger partial charge in [-0.1, -0.05) is 29.8 Å². The Morgan fingerprint density at radius 1 is 1.05 bits per heavy atom. The Labute approximate surface area is 218 Å². The number of rotatable bonds is 5. The average Bonchev–Trinajstić information content (AvgIpc) is 3.16. The zero-order valence-electron chi connectivity index (χ0n) is 20.1. The van der Waals surface area contributed by atoms with Crippen LogP contribution in [-0.4, -0.2) is 28.5 Å². The predicted molar refractivity (Wildman–Crippen MR) is 139 cm³/mol. The summed E-state index contributed by atoms with van der Waals surface area (Å²) in [7, 11) is 0. The molecule has 1 fully saturated rings. The summed E-state index contributed by atoms with van der Waals surface area (Å²) in [5, 5.41) is 21.5. The Bertz CT molecular complexity index is 1450. The minimum Gasteiger partial charge on any atom is -0.507 e. The van der Waals surface area contributed by atoms with E-state index in [0.29, 0.717) is 11.1 Å². The summed E-state index contributed by atoms with van der Waals surface area (Å²) in [6.07, 6.45) is 3.98. The number of amides is 1. The second-order valence-corrected chi connectivity index (χ2v) is 9.53. The summed E-state index contributed by atoms with van der Waals surface area (Å²) < 4.78 is 19.5. The molecule has 1 amide bonds. The maximum atomic E-state index is 13.9. The lowest BCUT2D eigenvalue weighted by Gasteiger charge is -2.26. The Morgan fingerprint density at radius 2 is 1.81 bits per heavy atom. The van der Waals surface area contributed by atoms with Crippen molar-refractivity contribution in [3.63, 3.8) is 0 Å². The van der Waals surface area contributed by atoms with Crippen molar-refractivity contribution in [1.29, 1.82) is 0 Å². The van der Waals surface area contributed by atoms with Crippen molar-refractivity contribution in [2.24, 2.45) is 0 Å². The number of benzene rings is 3. The van der Waals surface area contributed by atoms with E-state index in [-0.39, 0.29) is 40.1 Å². The van der Waals surface area contributed by atoms with E-state index in [1.807, 2.05) is 12.1 Å². The van der Waals surface area contributed by atoms with Gasteiger partial charge in [-0.15, -0.1) is 0 Å². The van der Waals surface area contributed by atoms with E-state index < -0.39 is 23.5 Å². The van der Waals surface area contributed by atoms with Crippen molar-refractivity contribution in [2.45, 2.75) is 38.6 Å². The van der Waals surface area contributed by atoms with Crippen molar-refractivity contribution >= 4 is 34.7 Å². The monoisotopic (exact) mass is 521 g/mol. The van der Waals surface area contributed by atoms with Crippen molar-refractivity contribution < 1.29 is 28.9 Å². The van der Waals surface area contributed by atoms with Gasteiger partial charge in [-0.3, -0.25) is 14.5 Å². The van der Waals surface area contributed by atoms with Crippen molar-refractivity contribution in [1.82, 2.24) is 0 Å². The van der Waals surface area contributed by atoms with Crippen LogP contribution in [0, 0.1) is 5.82 Å². The van der Waals surface area contributed by atoms with E-state index in [2.05, 4.69) is 0 Å². The van der Waals surface area contributed by atoms with E-state index in [1.54, 1.807) is 19.1 Å². The topological polar surface area (TPSA) is 87.1 Å². The second kappa shape index (κ2) is 9.90. The molecule has 0 radical (unpaired) electrons. The highest BCUT2D eigenvalue weighted by molar-refractivity contribution is 6.51. The Kier molecular flexibility index (Phi) is 6.65. The number of anilines is 1. The van der Waals surface area contributed by atoms with Crippen LogP contribution in [0.2, 0.25) is 5.02 Å². The van der Waals surface area contributed by atoms with Crippen LogP contribution in [0.5, 0.6) is 11.5 Å². The van der Waals surface area contributed by atoms with Gasteiger partial charge in [-0.05, 0) is 85.7 Å². The number of aliphatic hydroxyl groups is 1. The number of phenols is 1. The number of aromatic hydroxyl groups is 1. The van der Waals surface area contributed by atoms with Gasteiger partial charge in [-0.2, -0.15) is 0 Å². The number of carbonyl (C=O) groups is 2. The average molecular weight is 522 g/mol. The van der Waals surface area contributed by atoms with E-state index in [0.717, 1.165) is 37.3 Å². The molecule has 8 heteroatoms. The van der Waals surface area contributed by atoms with Gasteiger partial charge in [0, 0.05) is 11.3 Å². The molecule has 3 aromatic carbocycles. The molecule has 6 nitrogen and oxygen atoms in total. The maximum Gasteiger partial charge on any atom is 0.300 e. The number of Topliss-reactive ketones (excluding diaryl/α,β-unsaturated/α-hetero) is 1. The standard InChI is InChI=1S/C29H25ClFNO5/c1-2-37-24-14-18(9-12-23(24)33)26-25(27(34)19-8-7-16-5-3-4-6-17(16)13-19)28(35)29(36)32(26)20-10-11-22(31)21(30)15-20/h7-15,26,33-34H,2-6H2,1H3/b27-25+. The summed E-state index contributed by atoms with van der Waals surface area (Å²) in [5.41, 5.74) is 3.24. The number of phenolic OH excluding ortho intramolecular Hbond substituents is 1. The highest BCUT2D eigenvalue weighted by atomic mass is 35.5. The molecule has 37 heavy (non-hydrogen) atoms. The quantitative estimate of drug-likeness (QED) is 0.241. The van der Waals surface area contributed by atoms with Crippen molar-refractivity contribution in [3.8, 4) is 11.5 Å². The van der Waals surface area contributed by atoms with E-state index in [4.69, 9.17) is 16.3 Å². The number of carbonyl (C=O) groups excluding carboxylic acids is 2. The normalized spacial score (nSPS) is 18.7. The summed E-state index contributed by atoms with van der Waals surface area (Å²) >= 11 is 6.01. The molecule has 0 saturated carbocycles. The largest absolute Gasteiger partial charge is 0.507 e. The Hall–Kier alpha value is -3.84. The van der Waals surface area contributed by atoms with Crippen LogP contribution in [0.1, 0.15) is 48.1 Å². The van der Waals surface area contributed by atoms with Crippen LogP contribution in [0.15, 0.2) is 60.2 Å². The summed E-state index contributed by atoms with van der Waals surface area (Å²) in [6.45, 7) is 2.04. The van der Waals surface area contributed by atoms with Gasteiger partial charge in [0.05, 0.1) is 23.2 Å². The van der Waals surface area contributed by atoms with Crippen LogP contribution in [0.3, 0.4) is 0 Å². The van der Waals surface area contributed by atoms with Crippen LogP contribution in [0.4, 0.5) is 10.1 Å². The first-order chi connectivity index (χ1) is 17.8. The lowest BCUT2D eigenvalue weighted by molar-refractivity contribution is -0.132. The number of nitrogens with zero attached hydrogens (tertiary/aromatic N) is 1. The van der Waals surface area contributed by atoms with Gasteiger partial charge in [0.15, 0.2) is 11.5 Å². The molecule has 0 aromatic heterocycles. The van der Waals surface area contributed by atoms with Crippen LogP contribution >= 0.6 is 11.6 Å². The molecule has 0 spiro atoms. The number of fused-ring (bicyclic) bond motifs is 1. The van der Waals surface area contributed by atoms with Crippen LogP contribution in [0.25, 0.3) is 5.76 Å².